The zero-order chi connectivity index (χ0) is 20.6. The number of aromatic nitrogens is 1. The van der Waals surface area contributed by atoms with Crippen molar-refractivity contribution < 1.29 is 12.8 Å². The molecule has 4 rings (SSSR count). The molecule has 0 unspecified atom stereocenters. The Bertz CT molecular complexity index is 1110. The van der Waals surface area contributed by atoms with Crippen molar-refractivity contribution in [3.05, 3.63) is 63.2 Å². The van der Waals surface area contributed by atoms with Gasteiger partial charge in [-0.2, -0.15) is 4.31 Å². The third kappa shape index (κ3) is 4.49. The zero-order valence-corrected chi connectivity index (χ0v) is 19.0. The molecule has 1 aliphatic heterocycles. The SMILES string of the molecule is O=S(=O)(c1ccc(Br)cc1)N1CCN(c2nc(-c3cc(F)cc(Cl)c3)cs2)CC1. The number of nitrogens with zero attached hydrogens (tertiary/aromatic N) is 3. The van der Waals surface area contributed by atoms with Crippen LogP contribution >= 0.6 is 38.9 Å². The van der Waals surface area contributed by atoms with Gasteiger partial charge in [0.1, 0.15) is 5.82 Å². The van der Waals surface area contributed by atoms with Gasteiger partial charge in [0.25, 0.3) is 0 Å². The number of anilines is 1. The molecule has 0 bridgehead atoms. The summed E-state index contributed by atoms with van der Waals surface area (Å²) in [6.45, 7) is 1.82. The topological polar surface area (TPSA) is 53.5 Å². The molecule has 0 radical (unpaired) electrons. The molecule has 1 saturated heterocycles. The molecule has 0 atom stereocenters. The fourth-order valence-electron chi connectivity index (χ4n) is 3.12. The minimum atomic E-state index is -3.52. The maximum Gasteiger partial charge on any atom is 0.243 e. The maximum absolute atomic E-state index is 13.6. The highest BCUT2D eigenvalue weighted by Gasteiger charge is 2.29. The van der Waals surface area contributed by atoms with E-state index in [0.717, 1.165) is 9.60 Å². The summed E-state index contributed by atoms with van der Waals surface area (Å²) >= 11 is 10.7. The zero-order valence-electron chi connectivity index (χ0n) is 15.1. The van der Waals surface area contributed by atoms with Gasteiger partial charge in [0.15, 0.2) is 5.13 Å². The molecule has 2 heterocycles. The monoisotopic (exact) mass is 515 g/mol. The Morgan fingerprint density at radius 1 is 1.07 bits per heavy atom. The van der Waals surface area contributed by atoms with Crippen LogP contribution in [0.3, 0.4) is 0 Å². The molecule has 10 heteroatoms. The second-order valence-corrected chi connectivity index (χ2v) is 10.6. The van der Waals surface area contributed by atoms with Crippen molar-refractivity contribution in [3.8, 4) is 11.3 Å². The summed E-state index contributed by atoms with van der Waals surface area (Å²) in [5, 5.41) is 2.95. The van der Waals surface area contributed by atoms with E-state index in [9.17, 15) is 12.8 Å². The normalized spacial score (nSPS) is 15.6. The summed E-state index contributed by atoms with van der Waals surface area (Å²) in [5.41, 5.74) is 1.27. The molecule has 1 fully saturated rings. The van der Waals surface area contributed by atoms with E-state index in [0.29, 0.717) is 42.5 Å². The van der Waals surface area contributed by atoms with E-state index in [1.54, 1.807) is 30.3 Å². The van der Waals surface area contributed by atoms with Crippen LogP contribution in [0, 0.1) is 5.82 Å². The number of sulfonamides is 1. The largest absolute Gasteiger partial charge is 0.345 e. The molecule has 5 nitrogen and oxygen atoms in total. The Labute approximate surface area is 185 Å². The number of benzene rings is 2. The van der Waals surface area contributed by atoms with Crippen LogP contribution < -0.4 is 4.90 Å². The van der Waals surface area contributed by atoms with Crippen molar-refractivity contribution >= 4 is 54.0 Å². The summed E-state index contributed by atoms with van der Waals surface area (Å²) in [4.78, 5) is 6.92. The molecule has 1 aliphatic rings. The van der Waals surface area contributed by atoms with Crippen molar-refractivity contribution in [2.24, 2.45) is 0 Å². The summed E-state index contributed by atoms with van der Waals surface area (Å²) in [6.07, 6.45) is 0. The second-order valence-electron chi connectivity index (χ2n) is 6.52. The lowest BCUT2D eigenvalue weighted by atomic mass is 10.2. The number of halogens is 3. The quantitative estimate of drug-likeness (QED) is 0.496. The Hall–Kier alpha value is -1.52. The van der Waals surface area contributed by atoms with Crippen LogP contribution in [-0.4, -0.2) is 43.9 Å². The average Bonchev–Trinajstić information content (AvgIpc) is 3.18. The van der Waals surface area contributed by atoms with E-state index in [-0.39, 0.29) is 4.90 Å². The van der Waals surface area contributed by atoms with Gasteiger partial charge < -0.3 is 4.90 Å². The van der Waals surface area contributed by atoms with Crippen molar-refractivity contribution in [1.29, 1.82) is 0 Å². The van der Waals surface area contributed by atoms with Gasteiger partial charge in [-0.15, -0.1) is 11.3 Å². The van der Waals surface area contributed by atoms with Gasteiger partial charge in [0.05, 0.1) is 10.6 Å². The first-order valence-electron chi connectivity index (χ1n) is 8.75. The molecule has 3 aromatic rings. The van der Waals surface area contributed by atoms with E-state index in [4.69, 9.17) is 11.6 Å². The summed E-state index contributed by atoms with van der Waals surface area (Å²) in [7, 11) is -3.52. The average molecular weight is 517 g/mol. The van der Waals surface area contributed by atoms with E-state index < -0.39 is 15.8 Å². The second kappa shape index (κ2) is 8.31. The highest BCUT2D eigenvalue weighted by Crippen LogP contribution is 2.30. The van der Waals surface area contributed by atoms with Crippen LogP contribution in [-0.2, 0) is 10.0 Å². The van der Waals surface area contributed by atoms with Crippen molar-refractivity contribution in [2.45, 2.75) is 4.90 Å². The molecule has 0 aliphatic carbocycles. The molecule has 152 valence electrons. The smallest absolute Gasteiger partial charge is 0.243 e. The Morgan fingerprint density at radius 3 is 2.41 bits per heavy atom. The van der Waals surface area contributed by atoms with Gasteiger partial charge in [-0.3, -0.25) is 0 Å². The minimum Gasteiger partial charge on any atom is -0.345 e. The molecule has 2 aromatic carbocycles. The minimum absolute atomic E-state index is 0.286. The van der Waals surface area contributed by atoms with Crippen LogP contribution in [0.15, 0.2) is 57.2 Å². The van der Waals surface area contributed by atoms with Crippen LogP contribution in [0.5, 0.6) is 0 Å². The number of thiazole rings is 1. The van der Waals surface area contributed by atoms with Gasteiger partial charge in [-0.05, 0) is 42.5 Å². The Morgan fingerprint density at radius 2 is 1.76 bits per heavy atom. The molecule has 0 amide bonds. The van der Waals surface area contributed by atoms with Crippen LogP contribution in [0.2, 0.25) is 5.02 Å². The molecule has 0 saturated carbocycles. The number of hydrogen-bond acceptors (Lipinski definition) is 5. The lowest BCUT2D eigenvalue weighted by molar-refractivity contribution is 0.385. The van der Waals surface area contributed by atoms with E-state index in [2.05, 4.69) is 20.9 Å². The highest BCUT2D eigenvalue weighted by molar-refractivity contribution is 9.10. The first kappa shape index (κ1) is 20.7. The number of hydrogen-bond donors (Lipinski definition) is 0. The third-order valence-electron chi connectivity index (χ3n) is 4.61. The Kier molecular flexibility index (Phi) is 5.94. The predicted molar refractivity (Wildman–Crippen MR) is 118 cm³/mol. The Balaban J connectivity index is 1.46. The standard InChI is InChI=1S/C19H16BrClFN3O2S2/c20-14-1-3-17(4-2-14)29(26,27)25-7-5-24(6-8-25)19-23-18(12-28-19)13-9-15(21)11-16(22)10-13/h1-4,9-12H,5-8H2. The molecular weight excluding hydrogens is 501 g/mol. The first-order valence-corrected chi connectivity index (χ1v) is 12.2. The highest BCUT2D eigenvalue weighted by atomic mass is 79.9. The maximum atomic E-state index is 13.6. The van der Waals surface area contributed by atoms with Gasteiger partial charge >= 0.3 is 0 Å². The van der Waals surface area contributed by atoms with E-state index in [1.165, 1.54) is 27.8 Å². The fraction of sp³-hybridized carbons (Fsp3) is 0.211. The van der Waals surface area contributed by atoms with Crippen molar-refractivity contribution in [1.82, 2.24) is 9.29 Å². The van der Waals surface area contributed by atoms with Crippen molar-refractivity contribution in [3.63, 3.8) is 0 Å². The predicted octanol–water partition coefficient (Wildman–Crippen LogP) is 4.88. The number of rotatable bonds is 4. The third-order valence-corrected chi connectivity index (χ3v) is 8.17. The van der Waals surface area contributed by atoms with Gasteiger partial charge in [0.2, 0.25) is 10.0 Å². The first-order chi connectivity index (χ1) is 13.8. The van der Waals surface area contributed by atoms with Gasteiger partial charge in [0, 0.05) is 46.6 Å². The summed E-state index contributed by atoms with van der Waals surface area (Å²) in [5.74, 6) is -0.409. The van der Waals surface area contributed by atoms with E-state index in [1.807, 2.05) is 10.3 Å². The van der Waals surface area contributed by atoms with Crippen LogP contribution in [0.25, 0.3) is 11.3 Å². The van der Waals surface area contributed by atoms with Gasteiger partial charge in [-0.25, -0.2) is 17.8 Å². The summed E-state index contributed by atoms with van der Waals surface area (Å²) in [6, 6.07) is 11.0. The molecule has 29 heavy (non-hydrogen) atoms. The summed E-state index contributed by atoms with van der Waals surface area (Å²) < 4.78 is 41.6. The van der Waals surface area contributed by atoms with Crippen molar-refractivity contribution in [2.75, 3.05) is 31.1 Å². The molecule has 0 N–H and O–H groups in total. The molecule has 0 spiro atoms. The van der Waals surface area contributed by atoms with Crippen LogP contribution in [0.1, 0.15) is 0 Å². The van der Waals surface area contributed by atoms with E-state index >= 15 is 0 Å². The molecule has 1 aromatic heterocycles. The lowest BCUT2D eigenvalue weighted by Gasteiger charge is -2.33. The van der Waals surface area contributed by atoms with Gasteiger partial charge in [-0.1, -0.05) is 27.5 Å². The lowest BCUT2D eigenvalue weighted by Crippen LogP contribution is -2.48. The molecular formula is C19H16BrClFN3O2S2. The fourth-order valence-corrected chi connectivity index (χ4v) is 5.92. The number of piperazine rings is 1. The van der Waals surface area contributed by atoms with Crippen LogP contribution in [0.4, 0.5) is 9.52 Å².